The molecule has 1 saturated carbocycles. The zero-order valence-electron chi connectivity index (χ0n) is 14.9. The number of nitrogens with zero attached hydrogens (tertiary/aromatic N) is 2. The molecule has 4 N–H and O–H groups in total. The summed E-state index contributed by atoms with van der Waals surface area (Å²) in [4.78, 5) is 24.6. The SMILES string of the molecule is O=C(N[C@@H]1C[C@H](C(=O)NCCCn2cccn2)C[C@H]1O)c1cccc(O)c1. The van der Waals surface area contributed by atoms with Crippen molar-refractivity contribution in [2.24, 2.45) is 5.92 Å². The van der Waals surface area contributed by atoms with E-state index in [0.717, 1.165) is 13.0 Å². The molecule has 8 nitrogen and oxygen atoms in total. The minimum absolute atomic E-state index is 0.00184. The highest BCUT2D eigenvalue weighted by Gasteiger charge is 2.37. The van der Waals surface area contributed by atoms with Crippen molar-refractivity contribution in [2.75, 3.05) is 6.54 Å². The maximum Gasteiger partial charge on any atom is 0.251 e. The Balaban J connectivity index is 1.44. The third-order valence-corrected chi connectivity index (χ3v) is 4.75. The lowest BCUT2D eigenvalue weighted by atomic mass is 10.1. The number of aliphatic hydroxyl groups is 1. The summed E-state index contributed by atoms with van der Waals surface area (Å²) >= 11 is 0. The van der Waals surface area contributed by atoms with Crippen LogP contribution >= 0.6 is 0 Å². The molecule has 0 radical (unpaired) electrons. The maximum atomic E-state index is 12.3. The van der Waals surface area contributed by atoms with Gasteiger partial charge >= 0.3 is 0 Å². The van der Waals surface area contributed by atoms with Crippen molar-refractivity contribution in [3.8, 4) is 5.75 Å². The van der Waals surface area contributed by atoms with Gasteiger partial charge in [-0.15, -0.1) is 0 Å². The Morgan fingerprint density at radius 2 is 2.11 bits per heavy atom. The number of aromatic nitrogens is 2. The van der Waals surface area contributed by atoms with Crippen molar-refractivity contribution in [3.63, 3.8) is 0 Å². The van der Waals surface area contributed by atoms with E-state index in [4.69, 9.17) is 0 Å². The van der Waals surface area contributed by atoms with Gasteiger partial charge in [0.1, 0.15) is 5.75 Å². The van der Waals surface area contributed by atoms with Crippen LogP contribution in [-0.2, 0) is 11.3 Å². The van der Waals surface area contributed by atoms with Crippen molar-refractivity contribution in [1.82, 2.24) is 20.4 Å². The molecule has 0 spiro atoms. The van der Waals surface area contributed by atoms with Crippen LogP contribution in [0, 0.1) is 5.92 Å². The molecule has 8 heteroatoms. The molecule has 0 bridgehead atoms. The van der Waals surface area contributed by atoms with Crippen LogP contribution in [0.4, 0.5) is 0 Å². The second kappa shape index (κ2) is 8.68. The van der Waals surface area contributed by atoms with Crippen LogP contribution in [0.5, 0.6) is 5.75 Å². The predicted molar refractivity (Wildman–Crippen MR) is 97.9 cm³/mol. The summed E-state index contributed by atoms with van der Waals surface area (Å²) in [5.74, 6) is -0.819. The van der Waals surface area contributed by atoms with E-state index in [1.54, 1.807) is 23.0 Å². The monoisotopic (exact) mass is 372 g/mol. The van der Waals surface area contributed by atoms with Crippen molar-refractivity contribution in [1.29, 1.82) is 0 Å². The Kier molecular flexibility index (Phi) is 6.08. The zero-order chi connectivity index (χ0) is 19.2. The van der Waals surface area contributed by atoms with Crippen LogP contribution in [0.15, 0.2) is 42.7 Å². The number of phenolic OH excluding ortho intramolecular Hbond substituents is 1. The average molecular weight is 372 g/mol. The molecular formula is C19H24N4O4. The topological polar surface area (TPSA) is 116 Å². The summed E-state index contributed by atoms with van der Waals surface area (Å²) in [6.45, 7) is 1.26. The first-order chi connectivity index (χ1) is 13.0. The molecule has 1 aromatic carbocycles. The fraction of sp³-hybridized carbons (Fsp3) is 0.421. The fourth-order valence-electron chi connectivity index (χ4n) is 3.31. The van der Waals surface area contributed by atoms with Gasteiger partial charge < -0.3 is 20.8 Å². The first-order valence-corrected chi connectivity index (χ1v) is 9.06. The Hall–Kier alpha value is -2.87. The number of benzene rings is 1. The van der Waals surface area contributed by atoms with Crippen molar-refractivity contribution >= 4 is 11.8 Å². The first-order valence-electron chi connectivity index (χ1n) is 9.06. The molecule has 1 fully saturated rings. The van der Waals surface area contributed by atoms with Crippen LogP contribution < -0.4 is 10.6 Å². The fourth-order valence-corrected chi connectivity index (χ4v) is 3.31. The Labute approximate surface area is 157 Å². The molecule has 2 aromatic rings. The number of carbonyl (C=O) groups is 2. The summed E-state index contributed by atoms with van der Waals surface area (Å²) in [5, 5.41) is 29.4. The Morgan fingerprint density at radius 3 is 2.85 bits per heavy atom. The number of amides is 2. The molecule has 1 aliphatic carbocycles. The van der Waals surface area contributed by atoms with E-state index in [1.165, 1.54) is 12.1 Å². The van der Waals surface area contributed by atoms with Crippen LogP contribution in [0.2, 0.25) is 0 Å². The number of aryl methyl sites for hydroxylation is 1. The third-order valence-electron chi connectivity index (χ3n) is 4.75. The van der Waals surface area contributed by atoms with E-state index in [2.05, 4.69) is 15.7 Å². The van der Waals surface area contributed by atoms with Crippen LogP contribution in [0.3, 0.4) is 0 Å². The number of hydrogen-bond acceptors (Lipinski definition) is 5. The highest BCUT2D eigenvalue weighted by molar-refractivity contribution is 5.94. The number of rotatable bonds is 7. The smallest absolute Gasteiger partial charge is 0.251 e. The number of hydrogen-bond donors (Lipinski definition) is 4. The lowest BCUT2D eigenvalue weighted by molar-refractivity contribution is -0.125. The standard InChI is InChI=1S/C19H24N4O4/c24-15-5-1-4-13(10-15)19(27)22-16-11-14(12-17(16)25)18(26)20-6-2-8-23-9-3-7-21-23/h1,3-5,7,9-10,14,16-17,24-25H,2,6,8,11-12H2,(H,20,26)(H,22,27)/t14-,16+,17+/m0/s1. The third kappa shape index (κ3) is 5.07. The Bertz CT molecular complexity index is 778. The van der Waals surface area contributed by atoms with Crippen molar-refractivity contribution in [3.05, 3.63) is 48.3 Å². The predicted octanol–water partition coefficient (Wildman–Crippen LogP) is 0.665. The van der Waals surface area contributed by atoms with Gasteiger partial charge in [-0.25, -0.2) is 0 Å². The molecule has 3 atom stereocenters. The van der Waals surface area contributed by atoms with E-state index >= 15 is 0 Å². The van der Waals surface area contributed by atoms with Gasteiger partial charge in [-0.3, -0.25) is 14.3 Å². The van der Waals surface area contributed by atoms with E-state index < -0.39 is 12.1 Å². The molecule has 0 saturated heterocycles. The normalized spacial score (nSPS) is 21.7. The van der Waals surface area contributed by atoms with E-state index in [0.29, 0.717) is 24.9 Å². The molecular weight excluding hydrogens is 348 g/mol. The first kappa shape index (κ1) is 18.9. The summed E-state index contributed by atoms with van der Waals surface area (Å²) in [6.07, 6.45) is 4.28. The van der Waals surface area contributed by atoms with Gasteiger partial charge in [0.25, 0.3) is 5.91 Å². The summed E-state index contributed by atoms with van der Waals surface area (Å²) in [6, 6.07) is 7.37. The summed E-state index contributed by atoms with van der Waals surface area (Å²) in [5.41, 5.74) is 0.314. The van der Waals surface area contributed by atoms with Gasteiger partial charge in [-0.1, -0.05) is 6.07 Å². The van der Waals surface area contributed by atoms with Crippen LogP contribution in [-0.4, -0.2) is 50.5 Å². The Morgan fingerprint density at radius 1 is 1.26 bits per heavy atom. The molecule has 3 rings (SSSR count). The lowest BCUT2D eigenvalue weighted by Crippen LogP contribution is -2.40. The summed E-state index contributed by atoms with van der Waals surface area (Å²) < 4.78 is 1.80. The average Bonchev–Trinajstić information content (AvgIpc) is 3.29. The number of nitrogens with one attached hydrogen (secondary N) is 2. The molecule has 1 aliphatic rings. The quantitative estimate of drug-likeness (QED) is 0.533. The number of aromatic hydroxyl groups is 1. The molecule has 0 aliphatic heterocycles. The molecule has 2 amide bonds. The molecule has 0 unspecified atom stereocenters. The minimum Gasteiger partial charge on any atom is -0.508 e. The number of phenols is 1. The lowest BCUT2D eigenvalue weighted by Gasteiger charge is -2.16. The maximum absolute atomic E-state index is 12.3. The van der Waals surface area contributed by atoms with E-state index in [-0.39, 0.29) is 23.5 Å². The van der Waals surface area contributed by atoms with Crippen molar-refractivity contribution in [2.45, 2.75) is 38.0 Å². The number of carbonyl (C=O) groups excluding carboxylic acids is 2. The van der Waals surface area contributed by atoms with E-state index in [9.17, 15) is 19.8 Å². The van der Waals surface area contributed by atoms with Gasteiger partial charge in [-0.2, -0.15) is 5.10 Å². The van der Waals surface area contributed by atoms with Gasteiger partial charge in [0.2, 0.25) is 5.91 Å². The molecule has 1 heterocycles. The minimum atomic E-state index is -0.772. The second-order valence-electron chi connectivity index (χ2n) is 6.78. The highest BCUT2D eigenvalue weighted by atomic mass is 16.3. The largest absolute Gasteiger partial charge is 0.508 e. The van der Waals surface area contributed by atoms with Gasteiger partial charge in [-0.05, 0) is 43.5 Å². The second-order valence-corrected chi connectivity index (χ2v) is 6.78. The molecule has 144 valence electrons. The van der Waals surface area contributed by atoms with Gasteiger partial charge in [0.15, 0.2) is 0 Å². The van der Waals surface area contributed by atoms with Gasteiger partial charge in [0, 0.05) is 37.0 Å². The van der Waals surface area contributed by atoms with Crippen LogP contribution in [0.25, 0.3) is 0 Å². The van der Waals surface area contributed by atoms with Crippen molar-refractivity contribution < 1.29 is 19.8 Å². The van der Waals surface area contributed by atoms with Crippen LogP contribution in [0.1, 0.15) is 29.6 Å². The number of aliphatic hydroxyl groups excluding tert-OH is 1. The van der Waals surface area contributed by atoms with E-state index in [1.807, 2.05) is 12.3 Å². The summed E-state index contributed by atoms with van der Waals surface area (Å²) in [7, 11) is 0. The zero-order valence-corrected chi connectivity index (χ0v) is 14.9. The highest BCUT2D eigenvalue weighted by Crippen LogP contribution is 2.26. The molecule has 27 heavy (non-hydrogen) atoms. The molecule has 1 aromatic heterocycles. The van der Waals surface area contributed by atoms with Gasteiger partial charge in [0.05, 0.1) is 12.1 Å².